The fourth-order valence-electron chi connectivity index (χ4n) is 1.26. The van der Waals surface area contributed by atoms with Gasteiger partial charge in [0.05, 0.1) is 0 Å². The van der Waals surface area contributed by atoms with Crippen LogP contribution in [0, 0.1) is 0 Å². The molecule has 0 unspecified atom stereocenters. The smallest absolute Gasteiger partial charge is 0 e. The summed E-state index contributed by atoms with van der Waals surface area (Å²) in [6.45, 7) is 6.72. The normalized spacial score (nSPS) is 8.00. The average Bonchev–Trinajstić information content (AvgIpc) is 2.41. The van der Waals surface area contributed by atoms with E-state index in [1.54, 1.807) is 12.2 Å². The summed E-state index contributed by atoms with van der Waals surface area (Å²) < 4.78 is 0. The largest absolute Gasteiger partial charge is 0.0991 e. The molecule has 0 aromatic heterocycles. The zero-order valence-corrected chi connectivity index (χ0v) is 12.3. The van der Waals surface area contributed by atoms with Crippen LogP contribution in [-0.2, 0) is 26.2 Å². The molecule has 0 aliphatic heterocycles. The molecule has 0 saturated carbocycles. The summed E-state index contributed by atoms with van der Waals surface area (Å²) in [5.41, 5.74) is 2.55. The van der Waals surface area contributed by atoms with Crippen molar-refractivity contribution in [2.75, 3.05) is 0 Å². The summed E-state index contributed by atoms with van der Waals surface area (Å²) in [7, 11) is 0. The molecule has 0 N–H and O–H groups in total. The monoisotopic (exact) mass is 298 g/mol. The number of benzene rings is 2. The predicted molar refractivity (Wildman–Crippen MR) is 72.3 cm³/mol. The van der Waals surface area contributed by atoms with E-state index >= 15 is 0 Å². The first-order valence-corrected chi connectivity index (χ1v) is 5.22. The van der Waals surface area contributed by atoms with E-state index < -0.39 is 0 Å². The molecule has 0 atom stereocenters. The maximum absolute atomic E-state index is 3.36. The first-order valence-electron chi connectivity index (χ1n) is 5.22. The summed E-state index contributed by atoms with van der Waals surface area (Å²) in [5, 5.41) is 0. The Kier molecular flexibility index (Phi) is 9.29. The summed E-state index contributed by atoms with van der Waals surface area (Å²) >= 11 is 0. The van der Waals surface area contributed by atoms with Gasteiger partial charge in [0.25, 0.3) is 0 Å². The third-order valence-corrected chi connectivity index (χ3v) is 2.05. The molecule has 0 fully saturated rings. The molecule has 0 spiro atoms. The van der Waals surface area contributed by atoms with E-state index in [1.807, 2.05) is 12.1 Å². The molecular formula is C16H16Zr. The number of hydrogen-bond acceptors (Lipinski definition) is 0. The van der Waals surface area contributed by atoms with Crippen molar-refractivity contribution in [3.63, 3.8) is 0 Å². The molecule has 0 aliphatic carbocycles. The third kappa shape index (κ3) is 6.19. The van der Waals surface area contributed by atoms with Crippen LogP contribution in [0.1, 0.15) is 0 Å². The quantitative estimate of drug-likeness (QED) is 0.705. The van der Waals surface area contributed by atoms with Gasteiger partial charge in [-0.15, -0.1) is 0 Å². The van der Waals surface area contributed by atoms with E-state index in [0.717, 1.165) is 0 Å². The molecule has 0 saturated heterocycles. The standard InChI is InChI=1S/C12H10.C4H6.Zr/c1-3-7-11(8-4-1)12-9-5-2-6-10-12;1-3-4-2;/h1-10H;3-4H,1-2H2;. The fourth-order valence-corrected chi connectivity index (χ4v) is 1.26. The molecule has 0 nitrogen and oxygen atoms in total. The Balaban J connectivity index is 0.000000453. The van der Waals surface area contributed by atoms with Gasteiger partial charge in [0.2, 0.25) is 0 Å². The molecule has 0 radical (unpaired) electrons. The molecule has 2 aromatic carbocycles. The van der Waals surface area contributed by atoms with Crippen LogP contribution in [0.25, 0.3) is 11.1 Å². The second-order valence-corrected chi connectivity index (χ2v) is 3.20. The predicted octanol–water partition coefficient (Wildman–Crippen LogP) is 4.71. The molecule has 2 rings (SSSR count). The van der Waals surface area contributed by atoms with Crippen molar-refractivity contribution >= 4 is 0 Å². The van der Waals surface area contributed by atoms with Crippen LogP contribution in [0.15, 0.2) is 86.0 Å². The Morgan fingerprint density at radius 1 is 0.588 bits per heavy atom. The van der Waals surface area contributed by atoms with Crippen molar-refractivity contribution in [2.24, 2.45) is 0 Å². The van der Waals surface area contributed by atoms with Crippen LogP contribution in [-0.4, -0.2) is 0 Å². The van der Waals surface area contributed by atoms with Crippen molar-refractivity contribution in [1.29, 1.82) is 0 Å². The minimum atomic E-state index is 0. The zero-order chi connectivity index (χ0) is 11.6. The Morgan fingerprint density at radius 3 is 1.12 bits per heavy atom. The van der Waals surface area contributed by atoms with Crippen molar-refractivity contribution in [2.45, 2.75) is 0 Å². The van der Waals surface area contributed by atoms with Crippen molar-refractivity contribution in [1.82, 2.24) is 0 Å². The van der Waals surface area contributed by atoms with Crippen LogP contribution >= 0.6 is 0 Å². The van der Waals surface area contributed by atoms with E-state index in [9.17, 15) is 0 Å². The fraction of sp³-hybridized carbons (Fsp3) is 0. The van der Waals surface area contributed by atoms with Gasteiger partial charge >= 0.3 is 0 Å². The SMILES string of the molecule is C=CC=C.[Zr].c1ccc(-c2ccccc2)cc1. The van der Waals surface area contributed by atoms with Gasteiger partial charge in [-0.25, -0.2) is 0 Å². The zero-order valence-electron chi connectivity index (χ0n) is 9.84. The summed E-state index contributed by atoms with van der Waals surface area (Å²) in [4.78, 5) is 0. The second-order valence-electron chi connectivity index (χ2n) is 3.20. The first-order chi connectivity index (χ1) is 7.88. The molecule has 0 bridgehead atoms. The molecular weight excluding hydrogens is 283 g/mol. The Bertz CT molecular complexity index is 374. The summed E-state index contributed by atoms with van der Waals surface area (Å²) in [6, 6.07) is 20.8. The maximum atomic E-state index is 3.36. The van der Waals surface area contributed by atoms with Crippen LogP contribution in [0.4, 0.5) is 0 Å². The van der Waals surface area contributed by atoms with Crippen LogP contribution < -0.4 is 0 Å². The maximum Gasteiger partial charge on any atom is 0 e. The molecule has 17 heavy (non-hydrogen) atoms. The Morgan fingerprint density at radius 2 is 0.882 bits per heavy atom. The molecule has 84 valence electrons. The van der Waals surface area contributed by atoms with Gasteiger partial charge in [-0.3, -0.25) is 0 Å². The molecule has 0 heterocycles. The van der Waals surface area contributed by atoms with E-state index in [2.05, 4.69) is 61.7 Å². The van der Waals surface area contributed by atoms with Crippen molar-refractivity contribution < 1.29 is 26.2 Å². The van der Waals surface area contributed by atoms with E-state index in [1.165, 1.54) is 11.1 Å². The van der Waals surface area contributed by atoms with E-state index in [0.29, 0.717) is 0 Å². The number of allylic oxidation sites excluding steroid dienone is 2. The minimum Gasteiger partial charge on any atom is -0.0991 e. The third-order valence-electron chi connectivity index (χ3n) is 2.05. The van der Waals surface area contributed by atoms with Gasteiger partial charge in [0.1, 0.15) is 0 Å². The number of rotatable bonds is 2. The topological polar surface area (TPSA) is 0 Å². The molecule has 0 aliphatic rings. The summed E-state index contributed by atoms with van der Waals surface area (Å²) in [5.74, 6) is 0. The van der Waals surface area contributed by atoms with Gasteiger partial charge in [-0.2, -0.15) is 0 Å². The van der Waals surface area contributed by atoms with Gasteiger partial charge in [-0.05, 0) is 11.1 Å². The molecule has 1 heteroatoms. The van der Waals surface area contributed by atoms with Crippen LogP contribution in [0.3, 0.4) is 0 Å². The van der Waals surface area contributed by atoms with Gasteiger partial charge in [-0.1, -0.05) is 86.0 Å². The first kappa shape index (κ1) is 15.8. The average molecular weight is 300 g/mol. The van der Waals surface area contributed by atoms with Gasteiger partial charge in [0, 0.05) is 26.2 Å². The van der Waals surface area contributed by atoms with Gasteiger partial charge < -0.3 is 0 Å². The van der Waals surface area contributed by atoms with Crippen LogP contribution in [0.2, 0.25) is 0 Å². The van der Waals surface area contributed by atoms with E-state index in [4.69, 9.17) is 0 Å². The summed E-state index contributed by atoms with van der Waals surface area (Å²) in [6.07, 6.45) is 3.28. The second kappa shape index (κ2) is 9.99. The Hall–Kier alpha value is -1.20. The van der Waals surface area contributed by atoms with E-state index in [-0.39, 0.29) is 26.2 Å². The van der Waals surface area contributed by atoms with Crippen molar-refractivity contribution in [3.05, 3.63) is 86.0 Å². The molecule has 2 aromatic rings. The van der Waals surface area contributed by atoms with Gasteiger partial charge in [0.15, 0.2) is 0 Å². The minimum absolute atomic E-state index is 0. The number of hydrogen-bond donors (Lipinski definition) is 0. The Labute approximate surface area is 123 Å². The van der Waals surface area contributed by atoms with Crippen LogP contribution in [0.5, 0.6) is 0 Å². The van der Waals surface area contributed by atoms with Crippen molar-refractivity contribution in [3.8, 4) is 11.1 Å². The molecule has 0 amide bonds.